The van der Waals surface area contributed by atoms with Crippen LogP contribution >= 0.6 is 11.8 Å². The predicted octanol–water partition coefficient (Wildman–Crippen LogP) is 6.44. The zero-order valence-electron chi connectivity index (χ0n) is 16.1. The van der Waals surface area contributed by atoms with E-state index in [1.165, 1.54) is 5.56 Å². The highest BCUT2D eigenvalue weighted by Gasteiger charge is 2.18. The second-order valence-electron chi connectivity index (χ2n) is 7.46. The van der Waals surface area contributed by atoms with E-state index in [0.29, 0.717) is 5.75 Å². The molecule has 3 heteroatoms. The molecule has 1 amide bonds. The Morgan fingerprint density at radius 2 is 1.26 bits per heavy atom. The molecule has 3 aromatic carbocycles. The molecule has 0 N–H and O–H groups in total. The first kappa shape index (κ1) is 19.2. The molecule has 0 saturated carbocycles. The zero-order valence-corrected chi connectivity index (χ0v) is 16.9. The molecule has 3 aromatic rings. The van der Waals surface area contributed by atoms with Gasteiger partial charge in [0.2, 0.25) is 5.91 Å². The number of nitrogens with zero attached hydrogens (tertiary/aromatic N) is 1. The van der Waals surface area contributed by atoms with Gasteiger partial charge in [-0.3, -0.25) is 9.69 Å². The summed E-state index contributed by atoms with van der Waals surface area (Å²) < 4.78 is 0. The number of carbonyl (C=O) groups is 1. The minimum Gasteiger partial charge on any atom is -0.280 e. The first-order valence-electron chi connectivity index (χ1n) is 9.11. The molecule has 0 radical (unpaired) electrons. The van der Waals surface area contributed by atoms with Crippen LogP contribution in [0.2, 0.25) is 0 Å². The van der Waals surface area contributed by atoms with E-state index >= 15 is 0 Å². The number of anilines is 2. The number of amides is 1. The van der Waals surface area contributed by atoms with Gasteiger partial charge in [-0.2, -0.15) is 0 Å². The Hall–Kier alpha value is -2.52. The minimum atomic E-state index is 0.0669. The smallest absolute Gasteiger partial charge is 0.241 e. The molecule has 0 aromatic heterocycles. The van der Waals surface area contributed by atoms with Crippen molar-refractivity contribution in [2.75, 3.05) is 10.7 Å². The van der Waals surface area contributed by atoms with Crippen LogP contribution in [0.5, 0.6) is 0 Å². The van der Waals surface area contributed by atoms with E-state index in [1.807, 2.05) is 60.7 Å². The molecule has 138 valence electrons. The van der Waals surface area contributed by atoms with Gasteiger partial charge in [0.15, 0.2) is 0 Å². The Balaban J connectivity index is 1.75. The van der Waals surface area contributed by atoms with Crippen molar-refractivity contribution < 1.29 is 4.79 Å². The standard InChI is InChI=1S/C24H25NOS/c1-24(2,3)19-14-16-22(17-15-19)27-18-23(26)25(20-10-6-4-7-11-20)21-12-8-5-9-13-21/h4-17H,18H2,1-3H3. The molecule has 27 heavy (non-hydrogen) atoms. The fourth-order valence-electron chi connectivity index (χ4n) is 2.85. The molecule has 0 aliphatic carbocycles. The van der Waals surface area contributed by atoms with Gasteiger partial charge in [0, 0.05) is 16.3 Å². The molecule has 2 nitrogen and oxygen atoms in total. The van der Waals surface area contributed by atoms with Crippen LogP contribution in [0.3, 0.4) is 0 Å². The number of hydrogen-bond donors (Lipinski definition) is 0. The van der Waals surface area contributed by atoms with Crippen molar-refractivity contribution in [1.82, 2.24) is 0 Å². The maximum absolute atomic E-state index is 13.0. The molecule has 0 spiro atoms. The molecule has 0 aliphatic rings. The van der Waals surface area contributed by atoms with Crippen LogP contribution in [0.4, 0.5) is 11.4 Å². The van der Waals surface area contributed by atoms with E-state index in [-0.39, 0.29) is 11.3 Å². The van der Waals surface area contributed by atoms with Crippen LogP contribution in [0.15, 0.2) is 89.8 Å². The normalized spacial score (nSPS) is 11.2. The third-order valence-electron chi connectivity index (χ3n) is 4.36. The van der Waals surface area contributed by atoms with Gasteiger partial charge in [-0.05, 0) is 47.4 Å². The van der Waals surface area contributed by atoms with Crippen LogP contribution in [-0.4, -0.2) is 11.7 Å². The quantitative estimate of drug-likeness (QED) is 0.478. The molecular formula is C24H25NOS. The van der Waals surface area contributed by atoms with E-state index in [1.54, 1.807) is 16.7 Å². The number of para-hydroxylation sites is 2. The van der Waals surface area contributed by atoms with Gasteiger partial charge in [-0.15, -0.1) is 11.8 Å². The molecule has 0 unspecified atom stereocenters. The van der Waals surface area contributed by atoms with Gasteiger partial charge in [0.1, 0.15) is 0 Å². The van der Waals surface area contributed by atoms with E-state index in [9.17, 15) is 4.79 Å². The van der Waals surface area contributed by atoms with Crippen molar-refractivity contribution in [2.45, 2.75) is 31.1 Å². The number of hydrogen-bond acceptors (Lipinski definition) is 2. The Labute approximate surface area is 166 Å². The summed E-state index contributed by atoms with van der Waals surface area (Å²) in [4.78, 5) is 15.9. The van der Waals surface area contributed by atoms with Crippen molar-refractivity contribution in [2.24, 2.45) is 0 Å². The van der Waals surface area contributed by atoms with Crippen molar-refractivity contribution in [3.05, 3.63) is 90.5 Å². The Morgan fingerprint density at radius 1 is 0.778 bits per heavy atom. The molecule has 0 heterocycles. The van der Waals surface area contributed by atoms with Crippen molar-refractivity contribution in [1.29, 1.82) is 0 Å². The zero-order chi connectivity index (χ0) is 19.3. The summed E-state index contributed by atoms with van der Waals surface area (Å²) in [7, 11) is 0. The average molecular weight is 376 g/mol. The lowest BCUT2D eigenvalue weighted by Gasteiger charge is -2.23. The fraction of sp³-hybridized carbons (Fsp3) is 0.208. The monoisotopic (exact) mass is 375 g/mol. The van der Waals surface area contributed by atoms with Gasteiger partial charge in [-0.1, -0.05) is 69.3 Å². The van der Waals surface area contributed by atoms with Gasteiger partial charge < -0.3 is 0 Å². The van der Waals surface area contributed by atoms with Crippen LogP contribution in [0, 0.1) is 0 Å². The first-order chi connectivity index (χ1) is 12.9. The van der Waals surface area contributed by atoms with Crippen LogP contribution in [0.1, 0.15) is 26.3 Å². The fourth-order valence-corrected chi connectivity index (χ4v) is 3.60. The lowest BCUT2D eigenvalue weighted by atomic mass is 9.87. The largest absolute Gasteiger partial charge is 0.280 e. The lowest BCUT2D eigenvalue weighted by molar-refractivity contribution is -0.115. The van der Waals surface area contributed by atoms with Gasteiger partial charge in [0.25, 0.3) is 0 Å². The molecule has 0 bridgehead atoms. The highest BCUT2D eigenvalue weighted by molar-refractivity contribution is 8.00. The van der Waals surface area contributed by atoms with Crippen LogP contribution < -0.4 is 4.90 Å². The highest BCUT2D eigenvalue weighted by atomic mass is 32.2. The Morgan fingerprint density at radius 3 is 1.70 bits per heavy atom. The van der Waals surface area contributed by atoms with Crippen LogP contribution in [0.25, 0.3) is 0 Å². The summed E-state index contributed by atoms with van der Waals surface area (Å²) >= 11 is 1.57. The van der Waals surface area contributed by atoms with E-state index < -0.39 is 0 Å². The predicted molar refractivity (Wildman–Crippen MR) is 116 cm³/mol. The summed E-state index contributed by atoms with van der Waals surface area (Å²) in [5, 5.41) is 0. The molecule has 0 fully saturated rings. The molecular weight excluding hydrogens is 350 g/mol. The third-order valence-corrected chi connectivity index (χ3v) is 5.36. The molecule has 0 saturated heterocycles. The minimum absolute atomic E-state index is 0.0669. The van der Waals surface area contributed by atoms with Gasteiger partial charge >= 0.3 is 0 Å². The SMILES string of the molecule is CC(C)(C)c1ccc(SCC(=O)N(c2ccccc2)c2ccccc2)cc1. The lowest BCUT2D eigenvalue weighted by Crippen LogP contribution is -2.27. The molecule has 0 atom stereocenters. The van der Waals surface area contributed by atoms with E-state index in [0.717, 1.165) is 16.3 Å². The summed E-state index contributed by atoms with van der Waals surface area (Å²) in [5.74, 6) is 0.454. The topological polar surface area (TPSA) is 20.3 Å². The summed E-state index contributed by atoms with van der Waals surface area (Å²) in [6.45, 7) is 6.61. The maximum Gasteiger partial charge on any atom is 0.241 e. The summed E-state index contributed by atoms with van der Waals surface area (Å²) in [6.07, 6.45) is 0. The van der Waals surface area contributed by atoms with E-state index in [4.69, 9.17) is 0 Å². The van der Waals surface area contributed by atoms with Crippen LogP contribution in [-0.2, 0) is 10.2 Å². The van der Waals surface area contributed by atoms with Crippen molar-refractivity contribution in [3.63, 3.8) is 0 Å². The van der Waals surface area contributed by atoms with E-state index in [2.05, 4.69) is 45.0 Å². The summed E-state index contributed by atoms with van der Waals surface area (Å²) in [6, 6.07) is 28.1. The highest BCUT2D eigenvalue weighted by Crippen LogP contribution is 2.29. The number of carbonyl (C=O) groups excluding carboxylic acids is 1. The second kappa shape index (κ2) is 8.45. The number of rotatable bonds is 5. The third kappa shape index (κ3) is 5.01. The Kier molecular flexibility index (Phi) is 6.02. The number of benzene rings is 3. The Bertz CT molecular complexity index is 828. The van der Waals surface area contributed by atoms with Gasteiger partial charge in [0.05, 0.1) is 5.75 Å². The number of thioether (sulfide) groups is 1. The molecule has 0 aliphatic heterocycles. The van der Waals surface area contributed by atoms with Crippen molar-refractivity contribution >= 4 is 29.0 Å². The van der Waals surface area contributed by atoms with Crippen molar-refractivity contribution in [3.8, 4) is 0 Å². The average Bonchev–Trinajstić information content (AvgIpc) is 2.68. The summed E-state index contributed by atoms with van der Waals surface area (Å²) in [5.41, 5.74) is 3.21. The maximum atomic E-state index is 13.0. The molecule has 3 rings (SSSR count). The first-order valence-corrected chi connectivity index (χ1v) is 10.1. The van der Waals surface area contributed by atoms with Gasteiger partial charge in [-0.25, -0.2) is 0 Å². The second-order valence-corrected chi connectivity index (χ2v) is 8.51.